The van der Waals surface area contributed by atoms with E-state index in [2.05, 4.69) is 26.2 Å². The Kier molecular flexibility index (Phi) is 5.33. The first-order chi connectivity index (χ1) is 9.54. The number of benzene rings is 1. The zero-order chi connectivity index (χ0) is 14.5. The SMILES string of the molecule is CC(=O)c1csc(NC(=O)CSc2ccc(Br)cc2)n1. The Morgan fingerprint density at radius 1 is 1.35 bits per heavy atom. The Balaban J connectivity index is 1.85. The van der Waals surface area contributed by atoms with Gasteiger partial charge in [0.05, 0.1) is 5.75 Å². The second kappa shape index (κ2) is 7.01. The molecule has 0 unspecified atom stereocenters. The first-order valence-electron chi connectivity index (χ1n) is 5.69. The first kappa shape index (κ1) is 15.2. The molecular formula is C13H11BrN2O2S2. The smallest absolute Gasteiger partial charge is 0.236 e. The van der Waals surface area contributed by atoms with Gasteiger partial charge in [0.2, 0.25) is 5.91 Å². The molecule has 0 radical (unpaired) electrons. The highest BCUT2D eigenvalue weighted by Crippen LogP contribution is 2.21. The van der Waals surface area contributed by atoms with Crippen LogP contribution in [-0.4, -0.2) is 22.4 Å². The number of amides is 1. The van der Waals surface area contributed by atoms with Crippen LogP contribution in [0.15, 0.2) is 39.0 Å². The predicted molar refractivity (Wildman–Crippen MR) is 85.6 cm³/mol. The summed E-state index contributed by atoms with van der Waals surface area (Å²) in [6.45, 7) is 1.45. The summed E-state index contributed by atoms with van der Waals surface area (Å²) < 4.78 is 1.01. The van der Waals surface area contributed by atoms with Crippen molar-refractivity contribution < 1.29 is 9.59 Å². The summed E-state index contributed by atoms with van der Waals surface area (Å²) in [5.41, 5.74) is 0.380. The molecule has 0 fully saturated rings. The summed E-state index contributed by atoms with van der Waals surface area (Å²) in [5.74, 6) is 0.0599. The number of thioether (sulfide) groups is 1. The van der Waals surface area contributed by atoms with E-state index in [0.717, 1.165) is 9.37 Å². The molecule has 4 nitrogen and oxygen atoms in total. The molecule has 0 aliphatic heterocycles. The number of rotatable bonds is 5. The number of ketones is 1. The fraction of sp³-hybridized carbons (Fsp3) is 0.154. The summed E-state index contributed by atoms with van der Waals surface area (Å²) in [5, 5.41) is 4.78. The van der Waals surface area contributed by atoms with E-state index in [1.165, 1.54) is 30.0 Å². The Hall–Kier alpha value is -1.18. The van der Waals surface area contributed by atoms with Gasteiger partial charge in [-0.05, 0) is 24.3 Å². The second-order valence-electron chi connectivity index (χ2n) is 3.88. The normalized spacial score (nSPS) is 10.3. The number of Topliss-reactive ketones (excluding diaryl/α,β-unsaturated/α-hetero) is 1. The summed E-state index contributed by atoms with van der Waals surface area (Å²) >= 11 is 6.06. The van der Waals surface area contributed by atoms with Gasteiger partial charge in [-0.1, -0.05) is 15.9 Å². The van der Waals surface area contributed by atoms with E-state index < -0.39 is 0 Å². The lowest BCUT2D eigenvalue weighted by Crippen LogP contribution is -2.14. The fourth-order valence-electron chi connectivity index (χ4n) is 1.33. The Labute approximate surface area is 133 Å². The van der Waals surface area contributed by atoms with Crippen molar-refractivity contribution >= 4 is 55.9 Å². The lowest BCUT2D eigenvalue weighted by atomic mass is 10.4. The van der Waals surface area contributed by atoms with Crippen LogP contribution in [0.3, 0.4) is 0 Å². The Morgan fingerprint density at radius 3 is 2.65 bits per heavy atom. The van der Waals surface area contributed by atoms with Crippen LogP contribution >= 0.6 is 39.0 Å². The predicted octanol–water partition coefficient (Wildman–Crippen LogP) is 3.84. The lowest BCUT2D eigenvalue weighted by Gasteiger charge is -2.02. The average molecular weight is 371 g/mol. The first-order valence-corrected chi connectivity index (χ1v) is 8.35. The number of nitrogens with zero attached hydrogens (tertiary/aromatic N) is 1. The summed E-state index contributed by atoms with van der Waals surface area (Å²) in [4.78, 5) is 27.9. The largest absolute Gasteiger partial charge is 0.301 e. The fourth-order valence-corrected chi connectivity index (χ4v) is 3.06. The number of aromatic nitrogens is 1. The minimum Gasteiger partial charge on any atom is -0.301 e. The van der Waals surface area contributed by atoms with Crippen molar-refractivity contribution in [2.24, 2.45) is 0 Å². The van der Waals surface area contributed by atoms with Gasteiger partial charge in [0.25, 0.3) is 0 Å². The van der Waals surface area contributed by atoms with Crippen LogP contribution in [-0.2, 0) is 4.79 Å². The van der Waals surface area contributed by atoms with Gasteiger partial charge >= 0.3 is 0 Å². The van der Waals surface area contributed by atoms with Crippen LogP contribution in [0, 0.1) is 0 Å². The van der Waals surface area contributed by atoms with Crippen LogP contribution in [0.1, 0.15) is 17.4 Å². The van der Waals surface area contributed by atoms with E-state index in [1.54, 1.807) is 5.38 Å². The number of hydrogen-bond donors (Lipinski definition) is 1. The standard InChI is InChI=1S/C13H11BrN2O2S2/c1-8(17)11-6-20-13(15-11)16-12(18)7-19-10-4-2-9(14)3-5-10/h2-6H,7H2,1H3,(H,15,16,18). The monoisotopic (exact) mass is 370 g/mol. The van der Waals surface area contributed by atoms with Crippen LogP contribution < -0.4 is 5.32 Å². The van der Waals surface area contributed by atoms with Gasteiger partial charge in [-0.2, -0.15) is 0 Å². The Morgan fingerprint density at radius 2 is 2.05 bits per heavy atom. The van der Waals surface area contributed by atoms with Crippen LogP contribution in [0.2, 0.25) is 0 Å². The number of anilines is 1. The number of hydrogen-bond acceptors (Lipinski definition) is 5. The quantitative estimate of drug-likeness (QED) is 0.641. The average Bonchev–Trinajstić information content (AvgIpc) is 2.87. The maximum absolute atomic E-state index is 11.8. The third kappa shape index (κ3) is 4.43. The van der Waals surface area contributed by atoms with E-state index in [0.29, 0.717) is 16.6 Å². The molecular weight excluding hydrogens is 360 g/mol. The van der Waals surface area contributed by atoms with E-state index >= 15 is 0 Å². The van der Waals surface area contributed by atoms with Gasteiger partial charge in [0.1, 0.15) is 5.69 Å². The molecule has 1 N–H and O–H groups in total. The van der Waals surface area contributed by atoms with Crippen molar-refractivity contribution in [2.45, 2.75) is 11.8 Å². The molecule has 2 aromatic rings. The molecule has 7 heteroatoms. The van der Waals surface area contributed by atoms with Crippen molar-refractivity contribution in [3.05, 3.63) is 39.8 Å². The number of nitrogens with one attached hydrogen (secondary N) is 1. The molecule has 0 saturated carbocycles. The molecule has 1 aromatic heterocycles. The van der Waals surface area contributed by atoms with Crippen LogP contribution in [0.5, 0.6) is 0 Å². The van der Waals surface area contributed by atoms with Crippen molar-refractivity contribution in [2.75, 3.05) is 11.1 Å². The van der Waals surface area contributed by atoms with E-state index in [1.807, 2.05) is 24.3 Å². The second-order valence-corrected chi connectivity index (χ2v) is 6.71. The number of carbonyl (C=O) groups excluding carboxylic acids is 2. The van der Waals surface area contributed by atoms with Gasteiger partial charge < -0.3 is 5.32 Å². The highest BCUT2D eigenvalue weighted by atomic mass is 79.9. The maximum atomic E-state index is 11.8. The molecule has 1 heterocycles. The summed E-state index contributed by atoms with van der Waals surface area (Å²) in [7, 11) is 0. The van der Waals surface area contributed by atoms with E-state index in [-0.39, 0.29) is 11.7 Å². The summed E-state index contributed by atoms with van der Waals surface area (Å²) in [6, 6.07) is 7.75. The number of halogens is 1. The van der Waals surface area contributed by atoms with Gasteiger partial charge in [0, 0.05) is 21.7 Å². The topological polar surface area (TPSA) is 59.1 Å². The van der Waals surface area contributed by atoms with Gasteiger partial charge in [-0.15, -0.1) is 23.1 Å². The molecule has 1 aromatic carbocycles. The van der Waals surface area contributed by atoms with Crippen LogP contribution in [0.4, 0.5) is 5.13 Å². The lowest BCUT2D eigenvalue weighted by molar-refractivity contribution is -0.113. The molecule has 0 aliphatic carbocycles. The molecule has 20 heavy (non-hydrogen) atoms. The van der Waals surface area contributed by atoms with E-state index in [4.69, 9.17) is 0 Å². The number of thiazole rings is 1. The molecule has 0 aliphatic rings. The maximum Gasteiger partial charge on any atom is 0.236 e. The minimum atomic E-state index is -0.137. The zero-order valence-electron chi connectivity index (χ0n) is 10.6. The molecule has 0 bridgehead atoms. The highest BCUT2D eigenvalue weighted by molar-refractivity contribution is 9.10. The van der Waals surface area contributed by atoms with Gasteiger partial charge in [-0.25, -0.2) is 4.98 Å². The van der Waals surface area contributed by atoms with Gasteiger partial charge in [0.15, 0.2) is 10.9 Å². The van der Waals surface area contributed by atoms with Gasteiger partial charge in [-0.3, -0.25) is 9.59 Å². The van der Waals surface area contributed by atoms with Crippen molar-refractivity contribution in [1.82, 2.24) is 4.98 Å². The van der Waals surface area contributed by atoms with Crippen molar-refractivity contribution in [3.8, 4) is 0 Å². The molecule has 2 rings (SSSR count). The van der Waals surface area contributed by atoms with Crippen molar-refractivity contribution in [1.29, 1.82) is 0 Å². The molecule has 0 saturated heterocycles. The van der Waals surface area contributed by atoms with E-state index in [9.17, 15) is 9.59 Å². The molecule has 1 amide bonds. The highest BCUT2D eigenvalue weighted by Gasteiger charge is 2.09. The zero-order valence-corrected chi connectivity index (χ0v) is 13.8. The number of carbonyl (C=O) groups is 2. The third-order valence-electron chi connectivity index (χ3n) is 2.29. The molecule has 0 atom stereocenters. The molecule has 104 valence electrons. The minimum absolute atomic E-state index is 0.106. The Bertz CT molecular complexity index is 626. The third-order valence-corrected chi connectivity index (χ3v) is 4.59. The summed E-state index contributed by atoms with van der Waals surface area (Å²) in [6.07, 6.45) is 0. The van der Waals surface area contributed by atoms with Crippen LogP contribution in [0.25, 0.3) is 0 Å². The molecule has 0 spiro atoms. The van der Waals surface area contributed by atoms with Crippen molar-refractivity contribution in [3.63, 3.8) is 0 Å².